The number of nitrogens with zero attached hydrogens (tertiary/aromatic N) is 2. The van der Waals surface area contributed by atoms with E-state index in [2.05, 4.69) is 0 Å². The summed E-state index contributed by atoms with van der Waals surface area (Å²) in [5.74, 6) is -2.47. The SMILES string of the molecule is CC(c1ccc(F)c(F)c1)N(C)C(=O)CN1CCCCC1C(N)=O. The van der Waals surface area contributed by atoms with Gasteiger partial charge in [0.1, 0.15) is 0 Å². The van der Waals surface area contributed by atoms with E-state index in [9.17, 15) is 18.4 Å². The van der Waals surface area contributed by atoms with Crippen LogP contribution in [0, 0.1) is 11.6 Å². The molecule has 24 heavy (non-hydrogen) atoms. The van der Waals surface area contributed by atoms with Crippen LogP contribution < -0.4 is 5.73 Å². The number of carbonyl (C=O) groups is 2. The van der Waals surface area contributed by atoms with Crippen molar-refractivity contribution >= 4 is 11.8 Å². The first-order valence-electron chi connectivity index (χ1n) is 8.05. The Balaban J connectivity index is 2.05. The maximum Gasteiger partial charge on any atom is 0.237 e. The highest BCUT2D eigenvalue weighted by Gasteiger charge is 2.30. The van der Waals surface area contributed by atoms with Crippen molar-refractivity contribution in [2.75, 3.05) is 20.1 Å². The van der Waals surface area contributed by atoms with Crippen molar-refractivity contribution in [1.82, 2.24) is 9.80 Å². The number of benzene rings is 1. The topological polar surface area (TPSA) is 66.6 Å². The summed E-state index contributed by atoms with van der Waals surface area (Å²) < 4.78 is 26.4. The van der Waals surface area contributed by atoms with Crippen molar-refractivity contribution in [2.24, 2.45) is 5.73 Å². The Hall–Kier alpha value is -2.02. The third-order valence-electron chi connectivity index (χ3n) is 4.68. The zero-order chi connectivity index (χ0) is 17.9. The zero-order valence-corrected chi connectivity index (χ0v) is 14.0. The number of amides is 2. The Kier molecular flexibility index (Phi) is 5.88. The number of nitrogens with two attached hydrogens (primary N) is 1. The van der Waals surface area contributed by atoms with Crippen molar-refractivity contribution < 1.29 is 18.4 Å². The molecule has 0 radical (unpaired) electrons. The summed E-state index contributed by atoms with van der Waals surface area (Å²) in [7, 11) is 1.61. The molecule has 0 bridgehead atoms. The molecule has 2 amide bonds. The summed E-state index contributed by atoms with van der Waals surface area (Å²) in [4.78, 5) is 27.3. The molecule has 1 aliphatic rings. The van der Waals surface area contributed by atoms with Gasteiger partial charge in [-0.1, -0.05) is 12.5 Å². The maximum atomic E-state index is 13.4. The summed E-state index contributed by atoms with van der Waals surface area (Å²) in [5.41, 5.74) is 5.92. The third-order valence-corrected chi connectivity index (χ3v) is 4.68. The number of hydrogen-bond acceptors (Lipinski definition) is 3. The molecule has 0 aliphatic carbocycles. The van der Waals surface area contributed by atoms with Crippen LogP contribution in [-0.2, 0) is 9.59 Å². The van der Waals surface area contributed by atoms with Crippen molar-refractivity contribution in [1.29, 1.82) is 0 Å². The monoisotopic (exact) mass is 339 g/mol. The average molecular weight is 339 g/mol. The average Bonchev–Trinajstić information content (AvgIpc) is 2.56. The van der Waals surface area contributed by atoms with Crippen LogP contribution in [0.2, 0.25) is 0 Å². The summed E-state index contributed by atoms with van der Waals surface area (Å²) in [6.07, 6.45) is 2.49. The standard InChI is InChI=1S/C17H23F2N3O2/c1-11(12-6-7-13(18)14(19)9-12)21(2)16(23)10-22-8-4-3-5-15(22)17(20)24/h6-7,9,11,15H,3-5,8,10H2,1-2H3,(H2,20,24). The Bertz CT molecular complexity index is 624. The van der Waals surface area contributed by atoms with E-state index in [-0.39, 0.29) is 12.5 Å². The second kappa shape index (κ2) is 7.70. The highest BCUT2D eigenvalue weighted by molar-refractivity contribution is 5.82. The van der Waals surface area contributed by atoms with E-state index in [0.29, 0.717) is 18.5 Å². The van der Waals surface area contributed by atoms with Crippen LogP contribution in [0.4, 0.5) is 8.78 Å². The van der Waals surface area contributed by atoms with Crippen LogP contribution in [0.1, 0.15) is 37.8 Å². The van der Waals surface area contributed by atoms with Crippen molar-refractivity contribution in [3.63, 3.8) is 0 Å². The predicted molar refractivity (Wildman–Crippen MR) is 85.9 cm³/mol. The Labute approximate surface area is 140 Å². The quantitative estimate of drug-likeness (QED) is 0.890. The van der Waals surface area contributed by atoms with Crippen LogP contribution in [0.15, 0.2) is 18.2 Å². The predicted octanol–water partition coefficient (Wildman–Crippen LogP) is 1.82. The number of primary amides is 1. The normalized spacial score (nSPS) is 19.8. The highest BCUT2D eigenvalue weighted by atomic mass is 19.2. The van der Waals surface area contributed by atoms with Gasteiger partial charge in [0.2, 0.25) is 11.8 Å². The van der Waals surface area contributed by atoms with Crippen LogP contribution in [0.5, 0.6) is 0 Å². The maximum absolute atomic E-state index is 13.4. The van der Waals surface area contributed by atoms with Gasteiger partial charge in [-0.2, -0.15) is 0 Å². The highest BCUT2D eigenvalue weighted by Crippen LogP contribution is 2.22. The van der Waals surface area contributed by atoms with Crippen LogP contribution in [-0.4, -0.2) is 47.8 Å². The molecule has 7 heteroatoms. The number of likely N-dealkylation sites (tertiary alicyclic amines) is 1. The fourth-order valence-corrected chi connectivity index (χ4v) is 3.00. The van der Waals surface area contributed by atoms with E-state index in [1.54, 1.807) is 18.9 Å². The Morgan fingerprint density at radius 1 is 1.33 bits per heavy atom. The first-order valence-corrected chi connectivity index (χ1v) is 8.05. The van der Waals surface area contributed by atoms with Gasteiger partial charge in [0, 0.05) is 7.05 Å². The fourth-order valence-electron chi connectivity index (χ4n) is 3.00. The smallest absolute Gasteiger partial charge is 0.237 e. The van der Waals surface area contributed by atoms with E-state index in [1.807, 2.05) is 0 Å². The van der Waals surface area contributed by atoms with E-state index in [0.717, 1.165) is 25.0 Å². The molecular weight excluding hydrogens is 316 g/mol. The number of hydrogen-bond donors (Lipinski definition) is 1. The Morgan fingerprint density at radius 2 is 2.04 bits per heavy atom. The van der Waals surface area contributed by atoms with E-state index >= 15 is 0 Å². The van der Waals surface area contributed by atoms with Gasteiger partial charge in [-0.3, -0.25) is 14.5 Å². The number of halogens is 2. The van der Waals surface area contributed by atoms with Gasteiger partial charge in [-0.25, -0.2) is 8.78 Å². The third kappa shape index (κ3) is 4.08. The molecule has 1 fully saturated rings. The second-order valence-electron chi connectivity index (χ2n) is 6.24. The van der Waals surface area contributed by atoms with Crippen LogP contribution in [0.3, 0.4) is 0 Å². The first kappa shape index (κ1) is 18.3. The molecule has 132 valence electrons. The molecule has 1 aromatic carbocycles. The molecule has 2 N–H and O–H groups in total. The molecule has 1 heterocycles. The van der Waals surface area contributed by atoms with Gasteiger partial charge in [-0.05, 0) is 44.0 Å². The molecule has 2 atom stereocenters. The van der Waals surface area contributed by atoms with Gasteiger partial charge in [0.05, 0.1) is 18.6 Å². The molecule has 0 aromatic heterocycles. The lowest BCUT2D eigenvalue weighted by atomic mass is 10.0. The minimum atomic E-state index is -0.940. The fraction of sp³-hybridized carbons (Fsp3) is 0.529. The van der Waals surface area contributed by atoms with Crippen LogP contribution >= 0.6 is 0 Å². The lowest BCUT2D eigenvalue weighted by molar-refractivity contribution is -0.135. The number of likely N-dealkylation sites (N-methyl/N-ethyl adjacent to an activating group) is 1. The van der Waals surface area contributed by atoms with Gasteiger partial charge in [0.25, 0.3) is 0 Å². The summed E-state index contributed by atoms with van der Waals surface area (Å²) in [6.45, 7) is 2.47. The van der Waals surface area contributed by atoms with Crippen molar-refractivity contribution in [3.8, 4) is 0 Å². The van der Waals surface area contributed by atoms with Gasteiger partial charge < -0.3 is 10.6 Å². The largest absolute Gasteiger partial charge is 0.368 e. The lowest BCUT2D eigenvalue weighted by Crippen LogP contribution is -2.51. The second-order valence-corrected chi connectivity index (χ2v) is 6.24. The first-order chi connectivity index (χ1) is 11.3. The van der Waals surface area contributed by atoms with Crippen molar-refractivity contribution in [3.05, 3.63) is 35.4 Å². The molecule has 1 aromatic rings. The number of rotatable bonds is 5. The Morgan fingerprint density at radius 3 is 2.67 bits per heavy atom. The number of carbonyl (C=O) groups excluding carboxylic acids is 2. The lowest BCUT2D eigenvalue weighted by Gasteiger charge is -2.35. The van der Waals surface area contributed by atoms with E-state index in [1.165, 1.54) is 11.0 Å². The van der Waals surface area contributed by atoms with E-state index in [4.69, 9.17) is 5.73 Å². The summed E-state index contributed by atoms with van der Waals surface area (Å²) >= 11 is 0. The van der Waals surface area contributed by atoms with Gasteiger partial charge >= 0.3 is 0 Å². The van der Waals surface area contributed by atoms with Gasteiger partial charge in [0.15, 0.2) is 11.6 Å². The number of piperidine rings is 1. The van der Waals surface area contributed by atoms with Crippen LogP contribution in [0.25, 0.3) is 0 Å². The molecule has 2 rings (SSSR count). The minimum absolute atomic E-state index is 0.0815. The summed E-state index contributed by atoms with van der Waals surface area (Å²) in [5, 5.41) is 0. The molecule has 0 spiro atoms. The summed E-state index contributed by atoms with van der Waals surface area (Å²) in [6, 6.07) is 2.77. The molecule has 0 saturated carbocycles. The van der Waals surface area contributed by atoms with E-state index < -0.39 is 29.6 Å². The molecule has 1 aliphatic heterocycles. The molecule has 1 saturated heterocycles. The molecular formula is C17H23F2N3O2. The zero-order valence-electron chi connectivity index (χ0n) is 14.0. The molecule has 5 nitrogen and oxygen atoms in total. The molecule has 2 unspecified atom stereocenters. The van der Waals surface area contributed by atoms with Crippen molar-refractivity contribution in [2.45, 2.75) is 38.3 Å². The minimum Gasteiger partial charge on any atom is -0.368 e. The van der Waals surface area contributed by atoms with Gasteiger partial charge in [-0.15, -0.1) is 0 Å².